The Hall–Kier alpha value is -1.31. The van der Waals surface area contributed by atoms with E-state index < -0.39 is 16.0 Å². The molecule has 1 aliphatic rings. The molecular weight excluding hydrogens is 310 g/mol. The van der Waals surface area contributed by atoms with E-state index in [9.17, 15) is 13.2 Å². The molecule has 0 aliphatic carbocycles. The monoisotopic (exact) mass is 327 g/mol. The van der Waals surface area contributed by atoms with Crippen LogP contribution >= 0.6 is 11.8 Å². The van der Waals surface area contributed by atoms with Crippen LogP contribution in [0.3, 0.4) is 0 Å². The fourth-order valence-corrected chi connectivity index (χ4v) is 4.92. The lowest BCUT2D eigenvalue weighted by molar-refractivity contribution is -0.131. The van der Waals surface area contributed by atoms with Crippen LogP contribution in [0, 0.1) is 0 Å². The molecule has 1 aromatic carbocycles. The van der Waals surface area contributed by atoms with Crippen LogP contribution in [-0.4, -0.2) is 48.4 Å². The normalized spacial score (nSPS) is 19.4. The van der Waals surface area contributed by atoms with Crippen molar-refractivity contribution in [2.24, 2.45) is 0 Å². The Labute approximate surface area is 128 Å². The molecule has 7 heteroatoms. The highest BCUT2D eigenvalue weighted by atomic mass is 32.2. The first kappa shape index (κ1) is 16.1. The number of sulfonamides is 1. The molecule has 0 saturated carbocycles. The molecule has 21 heavy (non-hydrogen) atoms. The molecule has 1 aromatic rings. The van der Waals surface area contributed by atoms with Gasteiger partial charge in [0.05, 0.1) is 4.90 Å². The largest absolute Gasteiger partial charge is 0.478 e. The van der Waals surface area contributed by atoms with Crippen molar-refractivity contribution in [3.8, 4) is 0 Å². The van der Waals surface area contributed by atoms with Crippen LogP contribution in [0.2, 0.25) is 0 Å². The van der Waals surface area contributed by atoms with Crippen LogP contribution in [-0.2, 0) is 14.8 Å². The summed E-state index contributed by atoms with van der Waals surface area (Å²) in [6.45, 7) is 0. The number of hydrogen-bond donors (Lipinski definition) is 1. The zero-order valence-corrected chi connectivity index (χ0v) is 13.2. The summed E-state index contributed by atoms with van der Waals surface area (Å²) in [5.74, 6) is 0.726. The van der Waals surface area contributed by atoms with Gasteiger partial charge in [0.25, 0.3) is 0 Å². The molecule has 114 valence electrons. The zero-order valence-electron chi connectivity index (χ0n) is 11.6. The highest BCUT2D eigenvalue weighted by Crippen LogP contribution is 2.26. The minimum atomic E-state index is -3.54. The first-order valence-corrected chi connectivity index (χ1v) is 9.07. The maximum absolute atomic E-state index is 12.6. The number of benzene rings is 1. The summed E-state index contributed by atoms with van der Waals surface area (Å²) in [6, 6.07) is 6.34. The number of thioether (sulfide) groups is 1. The van der Waals surface area contributed by atoms with Crippen molar-refractivity contribution in [2.75, 3.05) is 18.6 Å². The van der Waals surface area contributed by atoms with Gasteiger partial charge in [0.2, 0.25) is 10.0 Å². The number of rotatable bonds is 5. The number of nitrogens with zero attached hydrogens (tertiary/aromatic N) is 1. The Morgan fingerprint density at radius 3 is 2.86 bits per heavy atom. The van der Waals surface area contributed by atoms with Gasteiger partial charge >= 0.3 is 5.97 Å². The van der Waals surface area contributed by atoms with Crippen molar-refractivity contribution in [3.05, 3.63) is 35.9 Å². The van der Waals surface area contributed by atoms with Crippen LogP contribution in [0.25, 0.3) is 6.08 Å². The van der Waals surface area contributed by atoms with E-state index in [-0.39, 0.29) is 10.9 Å². The lowest BCUT2D eigenvalue weighted by atomic mass is 10.2. The van der Waals surface area contributed by atoms with Gasteiger partial charge in [0.1, 0.15) is 0 Å². The van der Waals surface area contributed by atoms with Gasteiger partial charge in [-0.1, -0.05) is 12.1 Å². The van der Waals surface area contributed by atoms with Gasteiger partial charge in [0, 0.05) is 24.9 Å². The fraction of sp³-hybridized carbons (Fsp3) is 0.357. The van der Waals surface area contributed by atoms with Gasteiger partial charge in [-0.3, -0.25) is 0 Å². The second-order valence-corrected chi connectivity index (χ2v) is 7.93. The maximum Gasteiger partial charge on any atom is 0.328 e. The van der Waals surface area contributed by atoms with E-state index in [0.717, 1.165) is 24.0 Å². The third-order valence-corrected chi connectivity index (χ3v) is 6.42. The van der Waals surface area contributed by atoms with Crippen LogP contribution in [0.15, 0.2) is 35.2 Å². The second kappa shape index (κ2) is 6.64. The molecule has 1 atom stereocenters. The number of carboxylic acid groups (broad SMARTS) is 1. The lowest BCUT2D eigenvalue weighted by Crippen LogP contribution is -2.36. The van der Waals surface area contributed by atoms with E-state index in [4.69, 9.17) is 5.11 Å². The Bertz CT molecular complexity index is 649. The molecule has 0 radical (unpaired) electrons. The first-order valence-electron chi connectivity index (χ1n) is 6.48. The molecule has 1 aliphatic heterocycles. The number of hydrogen-bond acceptors (Lipinski definition) is 4. The molecule has 0 bridgehead atoms. The SMILES string of the molecule is CN(C1CCSC1)S(=O)(=O)c1cccc(C=CC(=O)O)c1. The predicted molar refractivity (Wildman–Crippen MR) is 83.8 cm³/mol. The summed E-state index contributed by atoms with van der Waals surface area (Å²) in [6.07, 6.45) is 3.23. The van der Waals surface area contributed by atoms with Crippen molar-refractivity contribution in [1.29, 1.82) is 0 Å². The van der Waals surface area contributed by atoms with Gasteiger partial charge < -0.3 is 5.11 Å². The molecule has 0 amide bonds. The summed E-state index contributed by atoms with van der Waals surface area (Å²) in [4.78, 5) is 10.7. The number of carbonyl (C=O) groups is 1. The molecule has 1 heterocycles. The minimum absolute atomic E-state index is 0.0261. The van der Waals surface area contributed by atoms with Crippen LogP contribution in [0.5, 0.6) is 0 Å². The van der Waals surface area contributed by atoms with Gasteiger partial charge in [0.15, 0.2) is 0 Å². The summed E-state index contributed by atoms with van der Waals surface area (Å²) in [5, 5.41) is 8.62. The van der Waals surface area contributed by atoms with E-state index in [1.165, 1.54) is 22.5 Å². The molecule has 5 nitrogen and oxygen atoms in total. The first-order chi connectivity index (χ1) is 9.91. The predicted octanol–water partition coefficient (Wildman–Crippen LogP) is 1.91. The number of carboxylic acids is 1. The Morgan fingerprint density at radius 2 is 2.24 bits per heavy atom. The highest BCUT2D eigenvalue weighted by Gasteiger charge is 2.30. The Morgan fingerprint density at radius 1 is 1.48 bits per heavy atom. The average molecular weight is 327 g/mol. The lowest BCUT2D eigenvalue weighted by Gasteiger charge is -2.23. The molecular formula is C14H17NO4S2. The van der Waals surface area contributed by atoms with Crippen molar-refractivity contribution in [3.63, 3.8) is 0 Å². The van der Waals surface area contributed by atoms with E-state index in [1.807, 2.05) is 0 Å². The third-order valence-electron chi connectivity index (χ3n) is 3.37. The quantitative estimate of drug-likeness (QED) is 0.836. The Kier molecular flexibility index (Phi) is 5.08. The standard InChI is InChI=1S/C14H17NO4S2/c1-15(12-7-8-20-10-12)21(18,19)13-4-2-3-11(9-13)5-6-14(16)17/h2-6,9,12H,7-8,10H2,1H3,(H,16,17). The van der Waals surface area contributed by atoms with E-state index in [2.05, 4.69) is 0 Å². The summed E-state index contributed by atoms with van der Waals surface area (Å²) in [5.41, 5.74) is 0.549. The van der Waals surface area contributed by atoms with Gasteiger partial charge in [-0.15, -0.1) is 0 Å². The molecule has 1 fully saturated rings. The smallest absolute Gasteiger partial charge is 0.328 e. The third kappa shape index (κ3) is 3.87. The Balaban J connectivity index is 2.27. The van der Waals surface area contributed by atoms with E-state index in [1.54, 1.807) is 30.9 Å². The summed E-state index contributed by atoms with van der Waals surface area (Å²) >= 11 is 1.75. The van der Waals surface area contributed by atoms with Crippen LogP contribution in [0.4, 0.5) is 0 Å². The average Bonchev–Trinajstić information content (AvgIpc) is 2.98. The van der Waals surface area contributed by atoms with E-state index >= 15 is 0 Å². The van der Waals surface area contributed by atoms with Crippen molar-refractivity contribution >= 4 is 33.8 Å². The molecule has 0 aromatic heterocycles. The van der Waals surface area contributed by atoms with Gasteiger partial charge in [-0.2, -0.15) is 16.1 Å². The summed E-state index contributed by atoms with van der Waals surface area (Å²) in [7, 11) is -1.94. The minimum Gasteiger partial charge on any atom is -0.478 e. The van der Waals surface area contributed by atoms with Gasteiger partial charge in [-0.25, -0.2) is 13.2 Å². The number of aliphatic carboxylic acids is 1. The zero-order chi connectivity index (χ0) is 15.5. The molecule has 1 N–H and O–H groups in total. The van der Waals surface area contributed by atoms with Crippen molar-refractivity contribution in [2.45, 2.75) is 17.4 Å². The summed E-state index contributed by atoms with van der Waals surface area (Å²) < 4.78 is 26.6. The maximum atomic E-state index is 12.6. The van der Waals surface area contributed by atoms with Gasteiger partial charge in [-0.05, 0) is 35.9 Å². The molecule has 2 rings (SSSR count). The molecule has 1 saturated heterocycles. The molecule has 0 spiro atoms. The molecule has 1 unspecified atom stereocenters. The van der Waals surface area contributed by atoms with E-state index in [0.29, 0.717) is 5.56 Å². The van der Waals surface area contributed by atoms with Crippen molar-refractivity contribution in [1.82, 2.24) is 4.31 Å². The van der Waals surface area contributed by atoms with Crippen molar-refractivity contribution < 1.29 is 18.3 Å². The fourth-order valence-electron chi connectivity index (χ4n) is 2.12. The van der Waals surface area contributed by atoms with Crippen LogP contribution < -0.4 is 0 Å². The highest BCUT2D eigenvalue weighted by molar-refractivity contribution is 7.99. The second-order valence-electron chi connectivity index (χ2n) is 4.78. The van der Waals surface area contributed by atoms with Crippen LogP contribution in [0.1, 0.15) is 12.0 Å². The topological polar surface area (TPSA) is 74.7 Å².